The molecule has 1 aromatic rings. The van der Waals surface area contributed by atoms with Crippen LogP contribution >= 0.6 is 15.9 Å². The van der Waals surface area contributed by atoms with Gasteiger partial charge in [-0.25, -0.2) is 4.39 Å². The summed E-state index contributed by atoms with van der Waals surface area (Å²) >= 11 is 3.18. The number of benzene rings is 1. The maximum atomic E-state index is 14.1. The van der Waals surface area contributed by atoms with Crippen molar-refractivity contribution in [1.82, 2.24) is 4.90 Å². The van der Waals surface area contributed by atoms with E-state index in [0.717, 1.165) is 12.8 Å². The number of hydrogen-bond donors (Lipinski definition) is 1. The molecule has 0 spiro atoms. The summed E-state index contributed by atoms with van der Waals surface area (Å²) in [6.07, 6.45) is 3.03. The average Bonchev–Trinajstić information content (AvgIpc) is 2.33. The molecule has 100 valence electrons. The smallest absolute Gasteiger partial charge is 0.143 e. The summed E-state index contributed by atoms with van der Waals surface area (Å²) in [5.74, 6) is -0.330. The zero-order valence-corrected chi connectivity index (χ0v) is 12.4. The van der Waals surface area contributed by atoms with Crippen molar-refractivity contribution in [2.24, 2.45) is 0 Å². The Labute approximate surface area is 116 Å². The molecule has 18 heavy (non-hydrogen) atoms. The van der Waals surface area contributed by atoms with Gasteiger partial charge in [-0.2, -0.15) is 0 Å². The van der Waals surface area contributed by atoms with Gasteiger partial charge in [-0.1, -0.05) is 12.1 Å². The van der Waals surface area contributed by atoms with Crippen LogP contribution in [-0.2, 0) is 5.60 Å². The quantitative estimate of drug-likeness (QED) is 0.905. The van der Waals surface area contributed by atoms with Crippen LogP contribution in [0.2, 0.25) is 0 Å². The minimum atomic E-state index is -1.01. The molecule has 0 unspecified atom stereocenters. The van der Waals surface area contributed by atoms with Crippen molar-refractivity contribution in [3.05, 3.63) is 34.1 Å². The highest BCUT2D eigenvalue weighted by molar-refractivity contribution is 9.10. The predicted molar refractivity (Wildman–Crippen MR) is 73.9 cm³/mol. The van der Waals surface area contributed by atoms with Crippen LogP contribution in [0.1, 0.15) is 31.2 Å². The minimum Gasteiger partial charge on any atom is -0.385 e. The normalized spacial score (nSPS) is 28.7. The van der Waals surface area contributed by atoms with Crippen LogP contribution in [0.4, 0.5) is 4.39 Å². The van der Waals surface area contributed by atoms with E-state index in [0.29, 0.717) is 28.9 Å². The molecule has 1 saturated carbocycles. The van der Waals surface area contributed by atoms with Gasteiger partial charge in [0.1, 0.15) is 5.82 Å². The number of halogens is 2. The van der Waals surface area contributed by atoms with E-state index in [4.69, 9.17) is 0 Å². The molecule has 1 aromatic carbocycles. The molecule has 1 aliphatic carbocycles. The van der Waals surface area contributed by atoms with Gasteiger partial charge in [0.15, 0.2) is 0 Å². The van der Waals surface area contributed by atoms with Crippen LogP contribution in [0.5, 0.6) is 0 Å². The topological polar surface area (TPSA) is 23.5 Å². The summed E-state index contributed by atoms with van der Waals surface area (Å²) in [4.78, 5) is 2.18. The van der Waals surface area contributed by atoms with Crippen molar-refractivity contribution in [3.8, 4) is 0 Å². The molecule has 1 aliphatic rings. The van der Waals surface area contributed by atoms with Gasteiger partial charge in [-0.05, 0) is 61.8 Å². The first-order valence-corrected chi connectivity index (χ1v) is 7.06. The Morgan fingerprint density at radius 2 is 1.94 bits per heavy atom. The van der Waals surface area contributed by atoms with Crippen molar-refractivity contribution in [2.75, 3.05) is 14.1 Å². The largest absolute Gasteiger partial charge is 0.385 e. The third-order valence-corrected chi connectivity index (χ3v) is 4.58. The van der Waals surface area contributed by atoms with Gasteiger partial charge in [-0.3, -0.25) is 0 Å². The molecule has 2 nitrogen and oxygen atoms in total. The SMILES string of the molecule is CN(C)C1CCC(O)(c2cccc(Br)c2F)CC1. The van der Waals surface area contributed by atoms with Gasteiger partial charge in [0, 0.05) is 11.6 Å². The van der Waals surface area contributed by atoms with Crippen LogP contribution in [0.25, 0.3) is 0 Å². The lowest BCUT2D eigenvalue weighted by Crippen LogP contribution is -2.39. The summed E-state index contributed by atoms with van der Waals surface area (Å²) in [6, 6.07) is 5.61. The van der Waals surface area contributed by atoms with Gasteiger partial charge in [-0.15, -0.1) is 0 Å². The summed E-state index contributed by atoms with van der Waals surface area (Å²) in [5.41, 5.74) is -0.588. The highest BCUT2D eigenvalue weighted by Crippen LogP contribution is 2.40. The zero-order chi connectivity index (χ0) is 13.3. The van der Waals surface area contributed by atoms with Crippen LogP contribution in [0, 0.1) is 5.82 Å². The molecule has 0 bridgehead atoms. The lowest BCUT2D eigenvalue weighted by Gasteiger charge is -2.39. The average molecular weight is 316 g/mol. The fraction of sp³-hybridized carbons (Fsp3) is 0.571. The van der Waals surface area contributed by atoms with E-state index in [2.05, 4.69) is 34.9 Å². The van der Waals surface area contributed by atoms with Crippen molar-refractivity contribution < 1.29 is 9.50 Å². The second kappa shape index (κ2) is 5.27. The van der Waals surface area contributed by atoms with E-state index in [1.54, 1.807) is 18.2 Å². The number of nitrogens with zero attached hydrogens (tertiary/aromatic N) is 1. The molecule has 0 saturated heterocycles. The van der Waals surface area contributed by atoms with Crippen molar-refractivity contribution in [2.45, 2.75) is 37.3 Å². The molecule has 0 aliphatic heterocycles. The fourth-order valence-corrected chi connectivity index (χ4v) is 3.10. The van der Waals surface area contributed by atoms with Crippen molar-refractivity contribution >= 4 is 15.9 Å². The van der Waals surface area contributed by atoms with Gasteiger partial charge >= 0.3 is 0 Å². The Morgan fingerprint density at radius 3 is 2.50 bits per heavy atom. The predicted octanol–water partition coefficient (Wildman–Crippen LogP) is 3.28. The van der Waals surface area contributed by atoms with Crippen LogP contribution in [0.15, 0.2) is 22.7 Å². The molecule has 0 aromatic heterocycles. The molecule has 4 heteroatoms. The molecular weight excluding hydrogens is 297 g/mol. The molecule has 0 radical (unpaired) electrons. The number of aliphatic hydroxyl groups is 1. The molecular formula is C14H19BrFNO. The van der Waals surface area contributed by atoms with Gasteiger partial charge in [0.2, 0.25) is 0 Å². The Kier molecular flexibility index (Phi) is 4.09. The second-order valence-electron chi connectivity index (χ2n) is 5.33. The molecule has 0 amide bonds. The summed E-state index contributed by atoms with van der Waals surface area (Å²) in [7, 11) is 4.10. The Bertz CT molecular complexity index is 428. The van der Waals surface area contributed by atoms with E-state index in [1.165, 1.54) is 0 Å². The Morgan fingerprint density at radius 1 is 1.33 bits per heavy atom. The number of hydrogen-bond acceptors (Lipinski definition) is 2. The maximum Gasteiger partial charge on any atom is 0.143 e. The third-order valence-electron chi connectivity index (χ3n) is 3.97. The van der Waals surface area contributed by atoms with Gasteiger partial charge in [0.25, 0.3) is 0 Å². The molecule has 1 N–H and O–H groups in total. The minimum absolute atomic E-state index is 0.330. The van der Waals surface area contributed by atoms with Gasteiger partial charge in [0.05, 0.1) is 10.1 Å². The first-order chi connectivity index (χ1) is 8.44. The van der Waals surface area contributed by atoms with Crippen molar-refractivity contribution in [3.63, 3.8) is 0 Å². The fourth-order valence-electron chi connectivity index (χ4n) is 2.73. The molecule has 0 heterocycles. The third kappa shape index (κ3) is 2.60. The molecule has 1 fully saturated rings. The standard InChI is InChI=1S/C14H19BrFNO/c1-17(2)10-6-8-14(18,9-7-10)11-4-3-5-12(15)13(11)16/h3-5,10,18H,6-9H2,1-2H3. The lowest BCUT2D eigenvalue weighted by atomic mass is 9.77. The van der Waals surface area contributed by atoms with E-state index >= 15 is 0 Å². The summed E-state index contributed by atoms with van der Waals surface area (Å²) in [5, 5.41) is 10.7. The second-order valence-corrected chi connectivity index (χ2v) is 6.18. The van der Waals surface area contributed by atoms with Crippen molar-refractivity contribution in [1.29, 1.82) is 0 Å². The maximum absolute atomic E-state index is 14.1. The highest BCUT2D eigenvalue weighted by atomic mass is 79.9. The first kappa shape index (κ1) is 14.0. The lowest BCUT2D eigenvalue weighted by molar-refractivity contribution is -0.0218. The van der Waals surface area contributed by atoms with E-state index in [1.807, 2.05) is 0 Å². The van der Waals surface area contributed by atoms with Crippen LogP contribution in [-0.4, -0.2) is 30.1 Å². The zero-order valence-electron chi connectivity index (χ0n) is 10.8. The van der Waals surface area contributed by atoms with Crippen LogP contribution < -0.4 is 0 Å². The summed E-state index contributed by atoms with van der Waals surface area (Å²) in [6.45, 7) is 0. The number of rotatable bonds is 2. The monoisotopic (exact) mass is 315 g/mol. The summed E-state index contributed by atoms with van der Waals surface area (Å²) < 4.78 is 14.5. The van der Waals surface area contributed by atoms with Crippen LogP contribution in [0.3, 0.4) is 0 Å². The molecule has 0 atom stereocenters. The Balaban J connectivity index is 2.21. The van der Waals surface area contributed by atoms with Gasteiger partial charge < -0.3 is 10.0 Å². The Hall–Kier alpha value is -0.450. The van der Waals surface area contributed by atoms with E-state index in [9.17, 15) is 9.50 Å². The first-order valence-electron chi connectivity index (χ1n) is 6.27. The highest BCUT2D eigenvalue weighted by Gasteiger charge is 2.37. The van der Waals surface area contributed by atoms with E-state index in [-0.39, 0.29) is 5.82 Å². The molecule has 2 rings (SSSR count). The van der Waals surface area contributed by atoms with E-state index < -0.39 is 5.60 Å².